The zero-order valence-corrected chi connectivity index (χ0v) is 20.4. The highest BCUT2D eigenvalue weighted by Crippen LogP contribution is 2.45. The molecule has 2 aromatic rings. The molecule has 3 heterocycles. The Balaban J connectivity index is 1.31. The Morgan fingerprint density at radius 3 is 2.62 bits per heavy atom. The Labute approximate surface area is 202 Å². The van der Waals surface area contributed by atoms with Crippen molar-refractivity contribution in [1.82, 2.24) is 14.9 Å². The summed E-state index contributed by atoms with van der Waals surface area (Å²) in [5.74, 6) is 3.11. The quantitative estimate of drug-likeness (QED) is 0.635. The van der Waals surface area contributed by atoms with Crippen molar-refractivity contribution < 1.29 is 14.2 Å². The summed E-state index contributed by atoms with van der Waals surface area (Å²) < 4.78 is 17.6. The number of methoxy groups -OCH3 is 1. The van der Waals surface area contributed by atoms with Crippen LogP contribution in [0.1, 0.15) is 38.5 Å². The van der Waals surface area contributed by atoms with E-state index in [0.29, 0.717) is 11.3 Å². The lowest BCUT2D eigenvalue weighted by Gasteiger charge is -2.52. The van der Waals surface area contributed by atoms with Crippen molar-refractivity contribution >= 4 is 11.8 Å². The van der Waals surface area contributed by atoms with Crippen molar-refractivity contribution in [1.29, 1.82) is 0 Å². The minimum Gasteiger partial charge on any atom is -0.493 e. The predicted octanol–water partition coefficient (Wildman–Crippen LogP) is 3.83. The fourth-order valence-electron chi connectivity index (χ4n) is 5.79. The molecule has 5 rings (SSSR count). The fraction of sp³-hybridized carbons (Fsp3) is 0.615. The zero-order chi connectivity index (χ0) is 23.5. The molecule has 3 N–H and O–H groups in total. The maximum atomic E-state index is 6.51. The summed E-state index contributed by atoms with van der Waals surface area (Å²) >= 11 is 0. The molecule has 2 aliphatic heterocycles. The number of likely N-dealkylation sites (tertiary alicyclic amines) is 1. The highest BCUT2D eigenvalue weighted by Gasteiger charge is 2.43. The fourth-order valence-corrected chi connectivity index (χ4v) is 5.79. The van der Waals surface area contributed by atoms with Gasteiger partial charge < -0.3 is 30.2 Å². The Morgan fingerprint density at radius 2 is 1.91 bits per heavy atom. The van der Waals surface area contributed by atoms with Crippen molar-refractivity contribution in [3.8, 4) is 22.6 Å². The number of hydrogen-bond donors (Lipinski definition) is 2. The number of nitrogens with one attached hydrogen (secondary N) is 1. The predicted molar refractivity (Wildman–Crippen MR) is 133 cm³/mol. The van der Waals surface area contributed by atoms with Crippen LogP contribution in [0.25, 0.3) is 11.1 Å². The van der Waals surface area contributed by atoms with Crippen molar-refractivity contribution in [3.63, 3.8) is 0 Å². The van der Waals surface area contributed by atoms with Gasteiger partial charge in [-0.25, -0.2) is 4.98 Å². The maximum Gasteiger partial charge on any atom is 0.221 e. The van der Waals surface area contributed by atoms with Crippen LogP contribution in [0, 0.1) is 11.3 Å². The van der Waals surface area contributed by atoms with Crippen LogP contribution < -0.4 is 20.5 Å². The van der Waals surface area contributed by atoms with E-state index in [1.54, 1.807) is 13.3 Å². The van der Waals surface area contributed by atoms with Crippen LogP contribution in [0.5, 0.6) is 11.5 Å². The number of nitrogens with zero attached hydrogens (tertiary/aromatic N) is 3. The number of rotatable bonds is 7. The van der Waals surface area contributed by atoms with Gasteiger partial charge in [0.2, 0.25) is 5.95 Å². The molecular weight excluding hydrogens is 430 g/mol. The van der Waals surface area contributed by atoms with Gasteiger partial charge in [0.25, 0.3) is 0 Å². The van der Waals surface area contributed by atoms with Crippen molar-refractivity contribution in [3.05, 3.63) is 24.4 Å². The highest BCUT2D eigenvalue weighted by molar-refractivity contribution is 5.77. The molecule has 1 aromatic carbocycles. The van der Waals surface area contributed by atoms with Gasteiger partial charge in [-0.1, -0.05) is 6.07 Å². The Hall–Kier alpha value is -2.58. The van der Waals surface area contributed by atoms with E-state index in [1.165, 1.54) is 25.9 Å². The van der Waals surface area contributed by atoms with E-state index < -0.39 is 0 Å². The Kier molecular flexibility index (Phi) is 6.79. The van der Waals surface area contributed by atoms with E-state index in [9.17, 15) is 0 Å². The average molecular weight is 468 g/mol. The molecule has 0 amide bonds. The van der Waals surface area contributed by atoms with Crippen LogP contribution in [0.2, 0.25) is 0 Å². The normalized spacial score (nSPS) is 21.2. The topological polar surface area (TPSA) is 94.8 Å². The second-order valence-electron chi connectivity index (χ2n) is 10.3. The van der Waals surface area contributed by atoms with E-state index in [1.807, 2.05) is 12.1 Å². The molecule has 1 aromatic heterocycles. The molecule has 0 unspecified atom stereocenters. The number of nitrogen functional groups attached to an aromatic ring is 1. The molecule has 1 aliphatic carbocycles. The number of hydrogen-bond acceptors (Lipinski definition) is 8. The van der Waals surface area contributed by atoms with Gasteiger partial charge >= 0.3 is 0 Å². The summed E-state index contributed by atoms with van der Waals surface area (Å²) in [4.78, 5) is 11.2. The number of nitrogens with two attached hydrogens (primary N) is 1. The van der Waals surface area contributed by atoms with Crippen LogP contribution in [0.4, 0.5) is 11.8 Å². The third-order valence-corrected chi connectivity index (χ3v) is 7.68. The minimum atomic E-state index is 0.217. The molecule has 1 saturated carbocycles. The van der Waals surface area contributed by atoms with E-state index in [0.717, 1.165) is 73.9 Å². The summed E-state index contributed by atoms with van der Waals surface area (Å²) in [5.41, 5.74) is 8.35. The van der Waals surface area contributed by atoms with Gasteiger partial charge in [-0.05, 0) is 74.6 Å². The number of benzene rings is 1. The second kappa shape index (κ2) is 9.96. The van der Waals surface area contributed by atoms with E-state index in [4.69, 9.17) is 19.9 Å². The first-order chi connectivity index (χ1) is 16.5. The van der Waals surface area contributed by atoms with Crippen molar-refractivity contribution in [2.24, 2.45) is 11.3 Å². The van der Waals surface area contributed by atoms with Gasteiger partial charge in [0.05, 0.1) is 13.2 Å². The van der Waals surface area contributed by atoms with Gasteiger partial charge in [-0.2, -0.15) is 4.98 Å². The molecular formula is C26H37N5O3. The number of aromatic nitrogens is 2. The van der Waals surface area contributed by atoms with Gasteiger partial charge in [0.1, 0.15) is 5.82 Å². The third kappa shape index (κ3) is 5.08. The first-order valence-electron chi connectivity index (χ1n) is 12.5. The van der Waals surface area contributed by atoms with Gasteiger partial charge in [-0.15, -0.1) is 0 Å². The largest absolute Gasteiger partial charge is 0.493 e. The molecule has 0 atom stereocenters. The molecule has 0 bridgehead atoms. The average Bonchev–Trinajstić information content (AvgIpc) is 2.84. The highest BCUT2D eigenvalue weighted by atomic mass is 16.5. The molecule has 2 saturated heterocycles. The van der Waals surface area contributed by atoms with Crippen LogP contribution >= 0.6 is 0 Å². The third-order valence-electron chi connectivity index (χ3n) is 7.68. The summed E-state index contributed by atoms with van der Waals surface area (Å²) in [6.45, 7) is 4.93. The van der Waals surface area contributed by atoms with Crippen molar-refractivity contribution in [2.75, 3.05) is 58.1 Å². The lowest BCUT2D eigenvalue weighted by atomic mass is 9.68. The first kappa shape index (κ1) is 23.2. The van der Waals surface area contributed by atoms with Crippen molar-refractivity contribution in [2.45, 2.75) is 44.6 Å². The molecule has 8 heteroatoms. The molecule has 3 fully saturated rings. The van der Waals surface area contributed by atoms with E-state index >= 15 is 0 Å². The Morgan fingerprint density at radius 1 is 1.15 bits per heavy atom. The molecule has 184 valence electrons. The summed E-state index contributed by atoms with van der Waals surface area (Å²) in [5, 5.41) is 3.51. The van der Waals surface area contributed by atoms with Crippen LogP contribution in [-0.4, -0.2) is 68.0 Å². The van der Waals surface area contributed by atoms with Gasteiger partial charge in [0, 0.05) is 44.6 Å². The summed E-state index contributed by atoms with van der Waals surface area (Å²) in [6.07, 6.45) is 8.76. The van der Waals surface area contributed by atoms with Crippen LogP contribution in [0.3, 0.4) is 0 Å². The van der Waals surface area contributed by atoms with Gasteiger partial charge in [-0.3, -0.25) is 0 Å². The standard InChI is InChI=1S/C26H37N5O3/c1-31-16-26(17-31)9-5-20(6-10-26)34-23-13-19(3-4-22(23)32-2)21-15-29-25(27)30-24(21)28-14-18-7-11-33-12-8-18/h3-4,13,15,18,20H,5-12,14,16-17H2,1-2H3,(H3,27,28,29,30). The van der Waals surface area contributed by atoms with Crippen LogP contribution in [0.15, 0.2) is 24.4 Å². The summed E-state index contributed by atoms with van der Waals surface area (Å²) in [6, 6.07) is 6.05. The molecule has 8 nitrogen and oxygen atoms in total. The molecule has 34 heavy (non-hydrogen) atoms. The van der Waals surface area contributed by atoms with Crippen LogP contribution in [-0.2, 0) is 4.74 Å². The monoisotopic (exact) mass is 467 g/mol. The SMILES string of the molecule is COc1ccc(-c2cnc(N)nc2NCC2CCOCC2)cc1OC1CCC2(CC1)CN(C)C2. The molecule has 0 radical (unpaired) electrons. The zero-order valence-electron chi connectivity index (χ0n) is 20.4. The Bertz CT molecular complexity index is 978. The smallest absolute Gasteiger partial charge is 0.221 e. The first-order valence-corrected chi connectivity index (χ1v) is 12.5. The molecule has 3 aliphatic rings. The number of ether oxygens (including phenoxy) is 3. The second-order valence-corrected chi connectivity index (χ2v) is 10.3. The lowest BCUT2D eigenvalue weighted by molar-refractivity contribution is -0.0352. The molecule has 1 spiro atoms. The summed E-state index contributed by atoms with van der Waals surface area (Å²) in [7, 11) is 3.90. The minimum absolute atomic E-state index is 0.217. The maximum absolute atomic E-state index is 6.51. The van der Waals surface area contributed by atoms with E-state index in [2.05, 4.69) is 33.3 Å². The van der Waals surface area contributed by atoms with Gasteiger partial charge in [0.15, 0.2) is 11.5 Å². The number of anilines is 2. The van der Waals surface area contributed by atoms with E-state index in [-0.39, 0.29) is 12.1 Å². The lowest BCUT2D eigenvalue weighted by Crippen LogP contribution is -2.56.